The molecule has 29 heavy (non-hydrogen) atoms. The molecule has 2 heterocycles. The molecule has 0 aliphatic carbocycles. The summed E-state index contributed by atoms with van der Waals surface area (Å²) in [6.45, 7) is 10.3. The van der Waals surface area contributed by atoms with Crippen molar-refractivity contribution in [3.8, 4) is 0 Å². The van der Waals surface area contributed by atoms with Gasteiger partial charge in [0.15, 0.2) is 5.96 Å². The van der Waals surface area contributed by atoms with E-state index in [1.165, 1.54) is 70.4 Å². The third kappa shape index (κ3) is 7.72. The maximum atomic E-state index is 4.47. The standard InChI is InChI=1S/C23H39N5.HI/c1-3-13-27-16-11-20(12-17-27)18-25-23(24-2)26-19-22(28-14-7-8-15-28)21-9-5-4-6-10-21;/h4-6,9-10,20,22H,3,7-8,11-19H2,1-2H3,(H2,24,25,26);1H. The summed E-state index contributed by atoms with van der Waals surface area (Å²) in [6, 6.07) is 11.3. The number of piperidine rings is 1. The average Bonchev–Trinajstić information content (AvgIpc) is 3.27. The van der Waals surface area contributed by atoms with Crippen LogP contribution in [0.2, 0.25) is 0 Å². The summed E-state index contributed by atoms with van der Waals surface area (Å²) >= 11 is 0. The summed E-state index contributed by atoms with van der Waals surface area (Å²) in [6.07, 6.45) is 6.48. The van der Waals surface area contributed by atoms with Crippen LogP contribution in [-0.4, -0.2) is 68.6 Å². The van der Waals surface area contributed by atoms with Crippen LogP contribution in [0.5, 0.6) is 0 Å². The Morgan fingerprint density at radius 3 is 2.38 bits per heavy atom. The molecule has 1 unspecified atom stereocenters. The van der Waals surface area contributed by atoms with E-state index in [1.54, 1.807) is 0 Å². The molecule has 2 saturated heterocycles. The van der Waals surface area contributed by atoms with E-state index in [2.05, 4.69) is 62.7 Å². The molecule has 2 aliphatic rings. The fourth-order valence-electron chi connectivity index (χ4n) is 4.57. The van der Waals surface area contributed by atoms with Crippen LogP contribution in [0.15, 0.2) is 35.3 Å². The number of guanidine groups is 1. The van der Waals surface area contributed by atoms with Crippen molar-refractivity contribution in [1.82, 2.24) is 20.4 Å². The van der Waals surface area contributed by atoms with Gasteiger partial charge in [-0.05, 0) is 76.3 Å². The van der Waals surface area contributed by atoms with Crippen LogP contribution in [-0.2, 0) is 0 Å². The van der Waals surface area contributed by atoms with Crippen molar-refractivity contribution in [2.24, 2.45) is 10.9 Å². The molecular weight excluding hydrogens is 473 g/mol. The molecule has 6 heteroatoms. The topological polar surface area (TPSA) is 42.9 Å². The molecule has 2 aliphatic heterocycles. The molecular formula is C23H40IN5. The van der Waals surface area contributed by atoms with Gasteiger partial charge in [0.2, 0.25) is 0 Å². The fraction of sp³-hybridized carbons (Fsp3) is 0.696. The Bertz CT molecular complexity index is 580. The van der Waals surface area contributed by atoms with Crippen LogP contribution >= 0.6 is 24.0 Å². The number of nitrogens with one attached hydrogen (secondary N) is 2. The van der Waals surface area contributed by atoms with Crippen molar-refractivity contribution >= 4 is 29.9 Å². The van der Waals surface area contributed by atoms with Crippen molar-refractivity contribution in [3.63, 3.8) is 0 Å². The smallest absolute Gasteiger partial charge is 0.191 e. The number of nitrogens with zero attached hydrogens (tertiary/aromatic N) is 3. The zero-order chi connectivity index (χ0) is 19.6. The summed E-state index contributed by atoms with van der Waals surface area (Å²) in [5.41, 5.74) is 1.40. The number of hydrogen-bond donors (Lipinski definition) is 2. The van der Waals surface area contributed by atoms with E-state index in [9.17, 15) is 0 Å². The highest BCUT2D eigenvalue weighted by molar-refractivity contribution is 14.0. The first kappa shape index (κ1) is 24.4. The number of halogens is 1. The van der Waals surface area contributed by atoms with Gasteiger partial charge in [0.05, 0.1) is 6.04 Å². The lowest BCUT2D eigenvalue weighted by molar-refractivity contribution is 0.185. The van der Waals surface area contributed by atoms with E-state index < -0.39 is 0 Å². The average molecular weight is 514 g/mol. The molecule has 0 aromatic heterocycles. The first-order valence-electron chi connectivity index (χ1n) is 11.3. The maximum Gasteiger partial charge on any atom is 0.191 e. The molecule has 0 saturated carbocycles. The Morgan fingerprint density at radius 2 is 1.76 bits per heavy atom. The minimum absolute atomic E-state index is 0. The first-order valence-corrected chi connectivity index (χ1v) is 11.3. The van der Waals surface area contributed by atoms with Gasteiger partial charge in [-0.2, -0.15) is 0 Å². The second-order valence-electron chi connectivity index (χ2n) is 8.29. The third-order valence-corrected chi connectivity index (χ3v) is 6.26. The predicted molar refractivity (Wildman–Crippen MR) is 134 cm³/mol. The zero-order valence-corrected chi connectivity index (χ0v) is 20.6. The first-order chi connectivity index (χ1) is 13.8. The lowest BCUT2D eigenvalue weighted by Crippen LogP contribution is -2.45. The Labute approximate surface area is 194 Å². The number of likely N-dealkylation sites (tertiary alicyclic amines) is 2. The Hall–Kier alpha value is -0.860. The molecule has 1 aromatic rings. The summed E-state index contributed by atoms with van der Waals surface area (Å²) in [4.78, 5) is 9.69. The second-order valence-corrected chi connectivity index (χ2v) is 8.29. The van der Waals surface area contributed by atoms with Crippen LogP contribution in [0.3, 0.4) is 0 Å². The normalized spacial score (nSPS) is 20.3. The van der Waals surface area contributed by atoms with Gasteiger partial charge in [-0.1, -0.05) is 37.3 Å². The monoisotopic (exact) mass is 513 g/mol. The van der Waals surface area contributed by atoms with Crippen LogP contribution in [0.25, 0.3) is 0 Å². The van der Waals surface area contributed by atoms with Gasteiger partial charge in [-0.15, -0.1) is 24.0 Å². The SMILES string of the molecule is CCCN1CCC(CNC(=NC)NCC(c2ccccc2)N2CCCC2)CC1.I. The molecule has 0 radical (unpaired) electrons. The van der Waals surface area contributed by atoms with E-state index in [1.807, 2.05) is 7.05 Å². The summed E-state index contributed by atoms with van der Waals surface area (Å²) < 4.78 is 0. The summed E-state index contributed by atoms with van der Waals surface area (Å²) in [5, 5.41) is 7.19. The van der Waals surface area contributed by atoms with Crippen LogP contribution in [0.4, 0.5) is 0 Å². The Balaban J connectivity index is 0.00000300. The van der Waals surface area contributed by atoms with E-state index in [0.29, 0.717) is 6.04 Å². The highest BCUT2D eigenvalue weighted by Gasteiger charge is 2.24. The van der Waals surface area contributed by atoms with Gasteiger partial charge in [-0.3, -0.25) is 9.89 Å². The lowest BCUT2D eigenvalue weighted by Gasteiger charge is -2.32. The van der Waals surface area contributed by atoms with Crippen molar-refractivity contribution < 1.29 is 0 Å². The van der Waals surface area contributed by atoms with Gasteiger partial charge in [0.1, 0.15) is 0 Å². The lowest BCUT2D eigenvalue weighted by atomic mass is 9.97. The molecule has 164 valence electrons. The van der Waals surface area contributed by atoms with E-state index in [0.717, 1.165) is 25.0 Å². The third-order valence-electron chi connectivity index (χ3n) is 6.26. The molecule has 3 rings (SSSR count). The number of rotatable bonds is 8. The van der Waals surface area contributed by atoms with Crippen LogP contribution in [0.1, 0.15) is 50.6 Å². The van der Waals surface area contributed by atoms with E-state index >= 15 is 0 Å². The Morgan fingerprint density at radius 1 is 1.07 bits per heavy atom. The van der Waals surface area contributed by atoms with Gasteiger partial charge in [0.25, 0.3) is 0 Å². The number of aliphatic imine (C=N–C) groups is 1. The second kappa shape index (κ2) is 13.4. The van der Waals surface area contributed by atoms with Gasteiger partial charge in [0, 0.05) is 20.1 Å². The molecule has 5 nitrogen and oxygen atoms in total. The minimum atomic E-state index is 0. The minimum Gasteiger partial charge on any atom is -0.356 e. The van der Waals surface area contributed by atoms with Crippen molar-refractivity contribution in [3.05, 3.63) is 35.9 Å². The summed E-state index contributed by atoms with van der Waals surface area (Å²) in [5.74, 6) is 1.70. The number of benzene rings is 1. The zero-order valence-electron chi connectivity index (χ0n) is 18.3. The largest absolute Gasteiger partial charge is 0.356 e. The van der Waals surface area contributed by atoms with Crippen LogP contribution < -0.4 is 10.6 Å². The molecule has 1 aromatic carbocycles. The predicted octanol–water partition coefficient (Wildman–Crippen LogP) is 3.73. The van der Waals surface area contributed by atoms with Gasteiger partial charge >= 0.3 is 0 Å². The maximum absolute atomic E-state index is 4.47. The van der Waals surface area contributed by atoms with Gasteiger partial charge < -0.3 is 15.5 Å². The fourth-order valence-corrected chi connectivity index (χ4v) is 4.57. The molecule has 2 N–H and O–H groups in total. The van der Waals surface area contributed by atoms with Crippen molar-refractivity contribution in [1.29, 1.82) is 0 Å². The molecule has 2 fully saturated rings. The molecule has 1 atom stereocenters. The molecule has 0 bridgehead atoms. The Kier molecular flexibility index (Phi) is 11.3. The van der Waals surface area contributed by atoms with E-state index in [4.69, 9.17) is 0 Å². The number of hydrogen-bond acceptors (Lipinski definition) is 3. The molecule has 0 spiro atoms. The van der Waals surface area contributed by atoms with Crippen molar-refractivity contribution in [2.75, 3.05) is 52.9 Å². The van der Waals surface area contributed by atoms with E-state index in [-0.39, 0.29) is 24.0 Å². The highest BCUT2D eigenvalue weighted by atomic mass is 127. The molecule has 0 amide bonds. The van der Waals surface area contributed by atoms with Crippen molar-refractivity contribution in [2.45, 2.75) is 45.1 Å². The summed E-state index contributed by atoms with van der Waals surface area (Å²) in [7, 11) is 1.88. The quantitative estimate of drug-likeness (QED) is 0.316. The highest BCUT2D eigenvalue weighted by Crippen LogP contribution is 2.24. The van der Waals surface area contributed by atoms with Gasteiger partial charge in [-0.25, -0.2) is 0 Å². The van der Waals surface area contributed by atoms with Crippen LogP contribution in [0, 0.1) is 5.92 Å².